The van der Waals surface area contributed by atoms with Gasteiger partial charge in [0.15, 0.2) is 5.82 Å². The third-order valence-corrected chi connectivity index (χ3v) is 5.38. The number of ether oxygens (including phenoxy) is 1. The molecule has 1 saturated heterocycles. The van der Waals surface area contributed by atoms with Gasteiger partial charge in [0, 0.05) is 31.0 Å². The number of aromatic nitrogens is 2. The number of rotatable bonds is 8. The van der Waals surface area contributed by atoms with Crippen LogP contribution >= 0.6 is 11.3 Å². The minimum absolute atomic E-state index is 0.307. The molecule has 1 aliphatic rings. The summed E-state index contributed by atoms with van der Waals surface area (Å²) in [6, 6.07) is 14.5. The molecule has 0 radical (unpaired) electrons. The molecule has 4 rings (SSSR count). The molecule has 2 aromatic heterocycles. The first-order valence-electron chi connectivity index (χ1n) is 9.07. The van der Waals surface area contributed by atoms with Gasteiger partial charge in [0.2, 0.25) is 5.89 Å². The van der Waals surface area contributed by atoms with Crippen LogP contribution in [0.4, 0.5) is 0 Å². The first-order valence-corrected chi connectivity index (χ1v) is 9.95. The van der Waals surface area contributed by atoms with Crippen molar-refractivity contribution in [1.29, 1.82) is 0 Å². The van der Waals surface area contributed by atoms with Gasteiger partial charge >= 0.3 is 0 Å². The van der Waals surface area contributed by atoms with Crippen LogP contribution in [0.15, 0.2) is 52.4 Å². The quantitative estimate of drug-likeness (QED) is 0.603. The second kappa shape index (κ2) is 8.58. The highest BCUT2D eigenvalue weighted by molar-refractivity contribution is 7.09. The maximum Gasteiger partial charge on any atom is 0.240 e. The van der Waals surface area contributed by atoms with Gasteiger partial charge < -0.3 is 9.26 Å². The van der Waals surface area contributed by atoms with Gasteiger partial charge in [-0.2, -0.15) is 4.98 Å². The van der Waals surface area contributed by atoms with Gasteiger partial charge in [-0.15, -0.1) is 11.3 Å². The summed E-state index contributed by atoms with van der Waals surface area (Å²) >= 11 is 1.78. The molecule has 0 aliphatic carbocycles. The van der Waals surface area contributed by atoms with Crippen molar-refractivity contribution >= 4 is 11.3 Å². The lowest BCUT2D eigenvalue weighted by Gasteiger charge is -2.23. The molecule has 3 aromatic rings. The molecule has 5 nitrogen and oxygen atoms in total. The minimum Gasteiger partial charge on any atom is -0.377 e. The highest BCUT2D eigenvalue weighted by Gasteiger charge is 2.21. The number of nitrogens with zero attached hydrogens (tertiary/aromatic N) is 3. The summed E-state index contributed by atoms with van der Waals surface area (Å²) in [5.41, 5.74) is 1.19. The molecule has 1 atom stereocenters. The summed E-state index contributed by atoms with van der Waals surface area (Å²) in [6.07, 6.45) is 3.28. The third-order valence-electron chi connectivity index (χ3n) is 4.52. The Balaban J connectivity index is 1.41. The lowest BCUT2D eigenvalue weighted by Crippen LogP contribution is -2.31. The molecule has 0 bridgehead atoms. The molecule has 136 valence electrons. The monoisotopic (exact) mass is 369 g/mol. The zero-order valence-electron chi connectivity index (χ0n) is 14.7. The van der Waals surface area contributed by atoms with Crippen LogP contribution in [-0.2, 0) is 24.2 Å². The van der Waals surface area contributed by atoms with Gasteiger partial charge in [-0.1, -0.05) is 41.6 Å². The summed E-state index contributed by atoms with van der Waals surface area (Å²) in [7, 11) is 0. The normalized spacial score (nSPS) is 17.2. The molecule has 1 aliphatic heterocycles. The second-order valence-electron chi connectivity index (χ2n) is 6.65. The summed E-state index contributed by atoms with van der Waals surface area (Å²) in [4.78, 5) is 8.28. The average Bonchev–Trinajstić information content (AvgIpc) is 3.40. The molecule has 0 N–H and O–H groups in total. The maximum absolute atomic E-state index is 5.82. The largest absolute Gasteiger partial charge is 0.377 e. The number of hydrogen-bond acceptors (Lipinski definition) is 6. The highest BCUT2D eigenvalue weighted by Crippen LogP contribution is 2.19. The molecular formula is C20H23N3O2S. The molecular weight excluding hydrogens is 346 g/mol. The summed E-state index contributed by atoms with van der Waals surface area (Å²) < 4.78 is 11.3. The van der Waals surface area contributed by atoms with Gasteiger partial charge in [-0.3, -0.25) is 4.90 Å². The Hall–Kier alpha value is -2.02. The van der Waals surface area contributed by atoms with Gasteiger partial charge in [0.1, 0.15) is 0 Å². The predicted octanol–water partition coefficient (Wildman–Crippen LogP) is 3.90. The van der Waals surface area contributed by atoms with Crippen molar-refractivity contribution in [1.82, 2.24) is 15.0 Å². The predicted molar refractivity (Wildman–Crippen MR) is 101 cm³/mol. The number of thiophene rings is 1. The summed E-state index contributed by atoms with van der Waals surface area (Å²) in [6.45, 7) is 3.31. The van der Waals surface area contributed by atoms with Crippen LogP contribution in [0.1, 0.15) is 35.0 Å². The topological polar surface area (TPSA) is 51.4 Å². The molecule has 1 fully saturated rings. The fraction of sp³-hybridized carbons (Fsp3) is 0.400. The minimum atomic E-state index is 0.307. The fourth-order valence-corrected chi connectivity index (χ4v) is 4.03. The highest BCUT2D eigenvalue weighted by atomic mass is 32.1. The summed E-state index contributed by atoms with van der Waals surface area (Å²) in [5, 5.41) is 6.27. The average molecular weight is 369 g/mol. The molecule has 3 heterocycles. The Morgan fingerprint density at radius 1 is 1.12 bits per heavy atom. The van der Waals surface area contributed by atoms with Crippen molar-refractivity contribution in [2.45, 2.75) is 38.5 Å². The first kappa shape index (κ1) is 17.4. The van der Waals surface area contributed by atoms with E-state index in [1.807, 2.05) is 18.2 Å². The van der Waals surface area contributed by atoms with Gasteiger partial charge in [0.05, 0.1) is 12.6 Å². The Labute approximate surface area is 157 Å². The van der Waals surface area contributed by atoms with Crippen LogP contribution in [0.3, 0.4) is 0 Å². The van der Waals surface area contributed by atoms with E-state index in [2.05, 4.69) is 44.7 Å². The van der Waals surface area contributed by atoms with Crippen LogP contribution in [0, 0.1) is 0 Å². The van der Waals surface area contributed by atoms with Crippen LogP contribution in [0.5, 0.6) is 0 Å². The standard InChI is InChI=1S/C20H23N3O2S/c1-2-6-16(7-3-1)12-19-21-20(25-22-19)15-23(13-17-8-4-10-24-17)14-18-9-5-11-26-18/h1-3,5-7,9,11,17H,4,8,10,12-15H2/t17-/m0/s1. The van der Waals surface area contributed by atoms with Crippen LogP contribution in [-0.4, -0.2) is 34.3 Å². The van der Waals surface area contributed by atoms with Crippen molar-refractivity contribution in [3.63, 3.8) is 0 Å². The lowest BCUT2D eigenvalue weighted by molar-refractivity contribution is 0.0644. The molecule has 0 saturated carbocycles. The second-order valence-corrected chi connectivity index (χ2v) is 7.68. The van der Waals surface area contributed by atoms with Gasteiger partial charge in [0.25, 0.3) is 0 Å². The smallest absolute Gasteiger partial charge is 0.240 e. The van der Waals surface area contributed by atoms with Crippen LogP contribution in [0.2, 0.25) is 0 Å². The summed E-state index contributed by atoms with van der Waals surface area (Å²) in [5.74, 6) is 1.41. The van der Waals surface area contributed by atoms with E-state index in [1.54, 1.807) is 11.3 Å². The van der Waals surface area contributed by atoms with E-state index in [9.17, 15) is 0 Å². The van der Waals surface area contributed by atoms with Crippen molar-refractivity contribution in [2.24, 2.45) is 0 Å². The Bertz CT molecular complexity index is 783. The maximum atomic E-state index is 5.82. The SMILES string of the molecule is c1ccc(Cc2noc(CN(Cc3cccs3)C[C@@H]3CCCO3)n2)cc1. The number of hydrogen-bond donors (Lipinski definition) is 0. The van der Waals surface area contributed by atoms with E-state index in [0.717, 1.165) is 38.4 Å². The molecule has 0 unspecified atom stereocenters. The van der Waals surface area contributed by atoms with Crippen molar-refractivity contribution in [2.75, 3.05) is 13.2 Å². The van der Waals surface area contributed by atoms with E-state index >= 15 is 0 Å². The fourth-order valence-electron chi connectivity index (χ4n) is 3.28. The third kappa shape index (κ3) is 4.78. The molecule has 26 heavy (non-hydrogen) atoms. The van der Waals surface area contributed by atoms with Crippen molar-refractivity contribution in [3.05, 3.63) is 70.0 Å². The van der Waals surface area contributed by atoms with E-state index in [0.29, 0.717) is 25.0 Å². The lowest BCUT2D eigenvalue weighted by atomic mass is 10.1. The van der Waals surface area contributed by atoms with E-state index in [-0.39, 0.29) is 0 Å². The zero-order chi connectivity index (χ0) is 17.6. The Kier molecular flexibility index (Phi) is 5.74. The Morgan fingerprint density at radius 2 is 2.04 bits per heavy atom. The molecule has 0 spiro atoms. The van der Waals surface area contributed by atoms with Crippen LogP contribution < -0.4 is 0 Å². The molecule has 0 amide bonds. The van der Waals surface area contributed by atoms with E-state index < -0.39 is 0 Å². The Morgan fingerprint density at radius 3 is 2.81 bits per heavy atom. The zero-order valence-corrected chi connectivity index (χ0v) is 15.5. The van der Waals surface area contributed by atoms with Gasteiger partial charge in [-0.05, 0) is 29.9 Å². The van der Waals surface area contributed by atoms with E-state index in [4.69, 9.17) is 9.26 Å². The first-order chi connectivity index (χ1) is 12.8. The van der Waals surface area contributed by atoms with Crippen LogP contribution in [0.25, 0.3) is 0 Å². The molecule has 6 heteroatoms. The number of benzene rings is 1. The van der Waals surface area contributed by atoms with Gasteiger partial charge in [-0.25, -0.2) is 0 Å². The van der Waals surface area contributed by atoms with Crippen molar-refractivity contribution < 1.29 is 9.26 Å². The van der Waals surface area contributed by atoms with Crippen molar-refractivity contribution in [3.8, 4) is 0 Å². The molecule has 1 aromatic carbocycles. The van der Waals surface area contributed by atoms with E-state index in [1.165, 1.54) is 10.4 Å².